The van der Waals surface area contributed by atoms with Gasteiger partial charge in [-0.1, -0.05) is 81.8 Å². The zero-order chi connectivity index (χ0) is 14.9. The second-order valence-corrected chi connectivity index (χ2v) is 9.37. The summed E-state index contributed by atoms with van der Waals surface area (Å²) in [6.07, 6.45) is 4.72. The molecular weight excluding hydrogens is 441 g/mol. The molecule has 0 spiro atoms. The van der Waals surface area contributed by atoms with Gasteiger partial charge in [-0.15, -0.1) is 23.2 Å². The lowest BCUT2D eigenvalue weighted by Crippen LogP contribution is -2.72. The van der Waals surface area contributed by atoms with Crippen LogP contribution in [-0.2, 0) is 0 Å². The van der Waals surface area contributed by atoms with Gasteiger partial charge >= 0.3 is 0 Å². The fraction of sp³-hybridized carbons (Fsp3) is 0.556. The molecule has 0 saturated carbocycles. The van der Waals surface area contributed by atoms with Crippen molar-refractivity contribution in [1.29, 1.82) is 0 Å². The topological polar surface area (TPSA) is 3.24 Å². The number of hydrogen-bond donors (Lipinski definition) is 0. The third-order valence-electron chi connectivity index (χ3n) is 2.97. The summed E-state index contributed by atoms with van der Waals surface area (Å²) in [6.45, 7) is 0. The monoisotopic (exact) mass is 441 g/mol. The lowest BCUT2D eigenvalue weighted by Gasteiger charge is -2.59. The summed E-state index contributed by atoms with van der Waals surface area (Å²) in [6, 6.07) is 0. The molecule has 1 fully saturated rings. The Labute approximate surface area is 155 Å². The minimum atomic E-state index is -2.12. The number of rotatable bonds is 0. The van der Waals surface area contributed by atoms with Crippen LogP contribution in [0.2, 0.25) is 0 Å². The maximum absolute atomic E-state index is 6.50. The number of nitrogens with zero attached hydrogens (tertiary/aromatic N) is 1. The first kappa shape index (κ1) is 17.2. The molecule has 0 bridgehead atoms. The first-order chi connectivity index (χ1) is 8.42. The smallest absolute Gasteiger partial charge is 0.240 e. The molecule has 2 unspecified atom stereocenters. The largest absolute Gasteiger partial charge is 0.250 e. The number of halogens is 9. The van der Waals surface area contributed by atoms with Gasteiger partial charge in [-0.05, 0) is 6.08 Å². The minimum Gasteiger partial charge on any atom is -0.250 e. The van der Waals surface area contributed by atoms with Gasteiger partial charge in [0.25, 0.3) is 0 Å². The van der Waals surface area contributed by atoms with E-state index in [1.807, 2.05) is 0 Å². The maximum Gasteiger partial charge on any atom is 0.240 e. The van der Waals surface area contributed by atoms with E-state index in [0.717, 1.165) is 4.42 Å². The molecule has 0 aromatic carbocycles. The number of fused-ring (bicyclic) bond motifs is 1. The van der Waals surface area contributed by atoms with Crippen molar-refractivity contribution in [2.24, 2.45) is 0 Å². The van der Waals surface area contributed by atoms with Crippen molar-refractivity contribution in [1.82, 2.24) is 4.42 Å². The fourth-order valence-corrected chi connectivity index (χ4v) is 5.08. The number of piperidine rings is 1. The molecule has 1 aliphatic carbocycles. The van der Waals surface area contributed by atoms with E-state index < -0.39 is 23.4 Å². The summed E-state index contributed by atoms with van der Waals surface area (Å²) in [4.78, 5) is -1.61. The normalized spacial score (nSPS) is 38.7. The maximum atomic E-state index is 6.50. The van der Waals surface area contributed by atoms with Gasteiger partial charge in [-0.25, -0.2) is 4.42 Å². The highest BCUT2D eigenvalue weighted by molar-refractivity contribution is 6.72. The van der Waals surface area contributed by atoms with Crippen LogP contribution < -0.4 is 0 Å². The molecular formula is C9H4Cl9N. The van der Waals surface area contributed by atoms with Crippen LogP contribution >= 0.6 is 105 Å². The van der Waals surface area contributed by atoms with E-state index in [2.05, 4.69) is 0 Å². The molecule has 1 saturated heterocycles. The van der Waals surface area contributed by atoms with Gasteiger partial charge in [0.05, 0.1) is 11.1 Å². The Morgan fingerprint density at radius 3 is 2.00 bits per heavy atom. The fourth-order valence-electron chi connectivity index (χ4n) is 1.87. The predicted molar refractivity (Wildman–Crippen MR) is 86.5 cm³/mol. The molecule has 108 valence electrons. The average molecular weight is 445 g/mol. The second-order valence-electron chi connectivity index (χ2n) is 4.02. The van der Waals surface area contributed by atoms with Crippen LogP contribution in [0.5, 0.6) is 0 Å². The van der Waals surface area contributed by atoms with E-state index in [4.69, 9.17) is 105 Å². The highest BCUT2D eigenvalue weighted by Gasteiger charge is 2.78. The van der Waals surface area contributed by atoms with E-state index in [-0.39, 0.29) is 5.70 Å². The summed E-state index contributed by atoms with van der Waals surface area (Å²) in [5.41, 5.74) is 0.199. The van der Waals surface area contributed by atoms with Gasteiger partial charge < -0.3 is 0 Å². The molecule has 10 heteroatoms. The van der Waals surface area contributed by atoms with Crippen LogP contribution in [0.1, 0.15) is 0 Å². The standard InChI is InChI=1S/C9H4Cl9N/c10-4-2-1-3-5-6(4,11)7(12,13)8(14,15)9(16,17)19(5)18/h1-4H. The second kappa shape index (κ2) is 4.94. The van der Waals surface area contributed by atoms with Gasteiger partial charge in [0, 0.05) is 11.8 Å². The Kier molecular flexibility index (Phi) is 4.49. The Hall–Kier alpha value is 1.89. The lowest BCUT2D eigenvalue weighted by molar-refractivity contribution is 0.280. The zero-order valence-electron chi connectivity index (χ0n) is 8.66. The Morgan fingerprint density at radius 2 is 1.47 bits per heavy atom. The summed E-state index contributed by atoms with van der Waals surface area (Å²) < 4.78 is -5.27. The van der Waals surface area contributed by atoms with E-state index >= 15 is 0 Å². The van der Waals surface area contributed by atoms with Crippen molar-refractivity contribution in [3.05, 3.63) is 23.9 Å². The van der Waals surface area contributed by atoms with Gasteiger partial charge in [-0.2, -0.15) is 0 Å². The van der Waals surface area contributed by atoms with Crippen LogP contribution in [0.25, 0.3) is 0 Å². The highest BCUT2D eigenvalue weighted by atomic mass is 35.5. The molecule has 0 aromatic heterocycles. The van der Waals surface area contributed by atoms with Crippen molar-refractivity contribution in [3.8, 4) is 0 Å². The average Bonchev–Trinajstić information content (AvgIpc) is 2.29. The van der Waals surface area contributed by atoms with Crippen molar-refractivity contribution < 1.29 is 0 Å². The Balaban J connectivity index is 2.75. The summed E-state index contributed by atoms with van der Waals surface area (Å²) >= 11 is 55.8. The van der Waals surface area contributed by atoms with Crippen LogP contribution in [0.15, 0.2) is 23.9 Å². The number of allylic oxidation sites excluding steroid dienone is 4. The molecule has 1 heterocycles. The molecule has 2 atom stereocenters. The van der Waals surface area contributed by atoms with Gasteiger partial charge in [0.1, 0.15) is 4.87 Å². The molecule has 0 N–H and O–H groups in total. The third-order valence-corrected chi connectivity index (χ3v) is 9.03. The summed E-state index contributed by atoms with van der Waals surface area (Å²) in [7, 11) is 0. The first-order valence-corrected chi connectivity index (χ1v) is 8.15. The molecule has 1 aliphatic heterocycles. The molecule has 1 nitrogen and oxygen atoms in total. The van der Waals surface area contributed by atoms with Crippen molar-refractivity contribution in [2.75, 3.05) is 0 Å². The lowest BCUT2D eigenvalue weighted by atomic mass is 9.85. The quantitative estimate of drug-likeness (QED) is 0.252. The van der Waals surface area contributed by atoms with E-state index in [0.29, 0.717) is 0 Å². The predicted octanol–water partition coefficient (Wildman–Crippen LogP) is 5.97. The minimum absolute atomic E-state index is 0.199. The zero-order valence-corrected chi connectivity index (χ0v) is 15.5. The molecule has 0 amide bonds. The van der Waals surface area contributed by atoms with E-state index in [1.165, 1.54) is 6.08 Å². The Morgan fingerprint density at radius 1 is 0.947 bits per heavy atom. The van der Waals surface area contributed by atoms with E-state index in [1.54, 1.807) is 12.2 Å². The third kappa shape index (κ3) is 1.97. The van der Waals surface area contributed by atoms with Crippen LogP contribution in [0.4, 0.5) is 0 Å². The van der Waals surface area contributed by atoms with E-state index in [9.17, 15) is 0 Å². The molecule has 0 aromatic rings. The summed E-state index contributed by atoms with van der Waals surface area (Å²) in [5.74, 6) is 0. The van der Waals surface area contributed by atoms with Crippen molar-refractivity contribution in [3.63, 3.8) is 0 Å². The number of hydrogen-bond acceptors (Lipinski definition) is 1. The van der Waals surface area contributed by atoms with Crippen LogP contribution in [0.3, 0.4) is 0 Å². The first-order valence-electron chi connectivity index (χ1n) is 4.73. The molecule has 19 heavy (non-hydrogen) atoms. The molecule has 2 rings (SSSR count). The van der Waals surface area contributed by atoms with Gasteiger partial charge in [0.15, 0.2) is 4.33 Å². The Bertz CT molecular complexity index is 468. The highest BCUT2D eigenvalue weighted by Crippen LogP contribution is 2.69. The summed E-state index contributed by atoms with van der Waals surface area (Å²) in [5, 5.41) is -0.827. The molecule has 0 radical (unpaired) electrons. The van der Waals surface area contributed by atoms with Crippen molar-refractivity contribution >= 4 is 105 Å². The van der Waals surface area contributed by atoms with Crippen LogP contribution in [-0.4, -0.2) is 27.8 Å². The SMILES string of the molecule is ClC1C=CC=C2N(Cl)C(Cl)(Cl)C(Cl)(Cl)C(Cl)(Cl)C21Cl. The van der Waals surface area contributed by atoms with Crippen molar-refractivity contribution in [2.45, 2.75) is 23.4 Å². The van der Waals surface area contributed by atoms with Gasteiger partial charge in [0.2, 0.25) is 8.79 Å². The number of alkyl halides is 8. The molecule has 2 aliphatic rings. The van der Waals surface area contributed by atoms with Crippen LogP contribution in [0, 0.1) is 0 Å². The van der Waals surface area contributed by atoms with Gasteiger partial charge in [-0.3, -0.25) is 0 Å².